The van der Waals surface area contributed by atoms with Gasteiger partial charge in [-0.05, 0) is 26.7 Å². The van der Waals surface area contributed by atoms with Crippen LogP contribution in [0.15, 0.2) is 0 Å². The first-order chi connectivity index (χ1) is 9.17. The van der Waals surface area contributed by atoms with E-state index in [9.17, 15) is 9.00 Å². The summed E-state index contributed by atoms with van der Waals surface area (Å²) >= 11 is 0. The van der Waals surface area contributed by atoms with Crippen LogP contribution in [-0.4, -0.2) is 59.1 Å². The summed E-state index contributed by atoms with van der Waals surface area (Å²) in [5, 5.41) is 0. The molecule has 19 heavy (non-hydrogen) atoms. The molecule has 1 amide bonds. The number of amides is 1. The molecule has 0 saturated carbocycles. The Morgan fingerprint density at radius 1 is 1.21 bits per heavy atom. The van der Waals surface area contributed by atoms with Gasteiger partial charge in [-0.2, -0.15) is 0 Å². The van der Waals surface area contributed by atoms with Gasteiger partial charge >= 0.3 is 0 Å². The number of rotatable bonds is 9. The van der Waals surface area contributed by atoms with E-state index in [-0.39, 0.29) is 18.0 Å². The van der Waals surface area contributed by atoms with Crippen LogP contribution in [0.25, 0.3) is 0 Å². The van der Waals surface area contributed by atoms with Crippen molar-refractivity contribution in [3.05, 3.63) is 0 Å². The standard InChI is InChI=1S/C13H25NO4S/c1-3-17-13(18-4-2)7-10-19(16)11-12(15)14-8-5-6-9-14/h13H,3-11H2,1-2H3. The monoisotopic (exact) mass is 291 g/mol. The number of hydrogen-bond donors (Lipinski definition) is 0. The van der Waals surface area contributed by atoms with Gasteiger partial charge in [0.25, 0.3) is 0 Å². The minimum Gasteiger partial charge on any atom is -0.353 e. The van der Waals surface area contributed by atoms with Crippen molar-refractivity contribution in [2.75, 3.05) is 37.8 Å². The SMILES string of the molecule is CCOC(CCS(=O)CC(=O)N1CCCC1)OCC. The topological polar surface area (TPSA) is 55.8 Å². The summed E-state index contributed by atoms with van der Waals surface area (Å²) in [7, 11) is -1.13. The Balaban J connectivity index is 2.23. The van der Waals surface area contributed by atoms with Gasteiger partial charge in [-0.15, -0.1) is 0 Å². The van der Waals surface area contributed by atoms with Gasteiger partial charge in [0.1, 0.15) is 5.75 Å². The van der Waals surface area contributed by atoms with Crippen LogP contribution in [0.5, 0.6) is 0 Å². The van der Waals surface area contributed by atoms with Gasteiger partial charge in [-0.25, -0.2) is 0 Å². The predicted molar refractivity (Wildman–Crippen MR) is 75.3 cm³/mol. The van der Waals surface area contributed by atoms with E-state index in [0.29, 0.717) is 25.4 Å². The number of likely N-dealkylation sites (tertiary alicyclic amines) is 1. The lowest BCUT2D eigenvalue weighted by atomic mass is 10.4. The predicted octanol–water partition coefficient (Wildman–Crippen LogP) is 1.15. The molecule has 0 aromatic heterocycles. The fourth-order valence-electron chi connectivity index (χ4n) is 2.08. The normalized spacial score (nSPS) is 17.1. The molecule has 1 fully saturated rings. The van der Waals surface area contributed by atoms with Gasteiger partial charge in [0, 0.05) is 49.3 Å². The molecule has 0 aromatic carbocycles. The van der Waals surface area contributed by atoms with Crippen molar-refractivity contribution in [1.82, 2.24) is 4.90 Å². The Bertz CT molecular complexity index is 286. The maximum Gasteiger partial charge on any atom is 0.235 e. The minimum atomic E-state index is -1.13. The summed E-state index contributed by atoms with van der Waals surface area (Å²) in [6, 6.07) is 0. The summed E-state index contributed by atoms with van der Waals surface area (Å²) < 4.78 is 22.6. The highest BCUT2D eigenvalue weighted by atomic mass is 32.2. The lowest BCUT2D eigenvalue weighted by molar-refractivity contribution is -0.136. The van der Waals surface area contributed by atoms with Crippen molar-refractivity contribution in [3.8, 4) is 0 Å². The lowest BCUT2D eigenvalue weighted by Crippen LogP contribution is -2.32. The number of carbonyl (C=O) groups excluding carboxylic acids is 1. The minimum absolute atomic E-state index is 0.0141. The van der Waals surface area contributed by atoms with Crippen LogP contribution in [-0.2, 0) is 25.1 Å². The molecule has 1 heterocycles. The molecule has 0 bridgehead atoms. The number of hydrogen-bond acceptors (Lipinski definition) is 4. The molecular weight excluding hydrogens is 266 g/mol. The van der Waals surface area contributed by atoms with E-state index in [0.717, 1.165) is 25.9 Å². The molecule has 1 aliphatic rings. The Labute approximate surface area is 118 Å². The Kier molecular flexibility index (Phi) is 8.25. The molecule has 0 spiro atoms. The van der Waals surface area contributed by atoms with Gasteiger partial charge in [-0.3, -0.25) is 9.00 Å². The zero-order valence-electron chi connectivity index (χ0n) is 11.9. The molecule has 112 valence electrons. The van der Waals surface area contributed by atoms with Crippen molar-refractivity contribution >= 4 is 16.7 Å². The first-order valence-electron chi connectivity index (χ1n) is 7.03. The van der Waals surface area contributed by atoms with Crippen molar-refractivity contribution in [2.24, 2.45) is 0 Å². The maximum atomic E-state index is 11.9. The Morgan fingerprint density at radius 3 is 2.32 bits per heavy atom. The van der Waals surface area contributed by atoms with Crippen LogP contribution >= 0.6 is 0 Å². The molecule has 1 rings (SSSR count). The Hall–Kier alpha value is -0.460. The summed E-state index contributed by atoms with van der Waals surface area (Å²) in [6.07, 6.45) is 2.40. The molecule has 5 nitrogen and oxygen atoms in total. The van der Waals surface area contributed by atoms with Crippen molar-refractivity contribution < 1.29 is 18.5 Å². The summed E-state index contributed by atoms with van der Waals surface area (Å²) in [5.74, 6) is 0.593. The van der Waals surface area contributed by atoms with Crippen LogP contribution in [0, 0.1) is 0 Å². The van der Waals surface area contributed by atoms with Crippen LogP contribution < -0.4 is 0 Å². The largest absolute Gasteiger partial charge is 0.353 e. The zero-order chi connectivity index (χ0) is 14.1. The fourth-order valence-corrected chi connectivity index (χ4v) is 3.14. The molecular formula is C13H25NO4S. The third-order valence-corrected chi connectivity index (χ3v) is 4.29. The second kappa shape index (κ2) is 9.44. The van der Waals surface area contributed by atoms with Crippen LogP contribution in [0.1, 0.15) is 33.1 Å². The van der Waals surface area contributed by atoms with E-state index in [1.165, 1.54) is 0 Å². The molecule has 0 aromatic rings. The summed E-state index contributed by atoms with van der Waals surface area (Å²) in [4.78, 5) is 13.6. The highest BCUT2D eigenvalue weighted by molar-refractivity contribution is 7.85. The van der Waals surface area contributed by atoms with Crippen molar-refractivity contribution in [2.45, 2.75) is 39.4 Å². The van der Waals surface area contributed by atoms with E-state index in [2.05, 4.69) is 0 Å². The average Bonchev–Trinajstić information content (AvgIpc) is 2.90. The highest BCUT2D eigenvalue weighted by Crippen LogP contribution is 2.09. The van der Waals surface area contributed by atoms with E-state index in [1.807, 2.05) is 13.8 Å². The number of nitrogens with zero attached hydrogens (tertiary/aromatic N) is 1. The Morgan fingerprint density at radius 2 is 1.79 bits per heavy atom. The first-order valence-corrected chi connectivity index (χ1v) is 8.52. The lowest BCUT2D eigenvalue weighted by Gasteiger charge is -2.17. The van der Waals surface area contributed by atoms with Crippen LogP contribution in [0.3, 0.4) is 0 Å². The molecule has 1 saturated heterocycles. The van der Waals surface area contributed by atoms with Gasteiger partial charge in [0.15, 0.2) is 6.29 Å². The third-order valence-electron chi connectivity index (χ3n) is 3.03. The highest BCUT2D eigenvalue weighted by Gasteiger charge is 2.20. The summed E-state index contributed by atoms with van der Waals surface area (Å²) in [6.45, 7) is 6.58. The second-order valence-electron chi connectivity index (χ2n) is 4.51. The quantitative estimate of drug-likeness (QED) is 0.598. The molecule has 6 heteroatoms. The molecule has 0 N–H and O–H groups in total. The van der Waals surface area contributed by atoms with E-state index >= 15 is 0 Å². The van der Waals surface area contributed by atoms with E-state index in [1.54, 1.807) is 4.90 Å². The van der Waals surface area contributed by atoms with Gasteiger partial charge in [0.05, 0.1) is 0 Å². The fraction of sp³-hybridized carbons (Fsp3) is 0.923. The second-order valence-corrected chi connectivity index (χ2v) is 6.08. The average molecular weight is 291 g/mol. The van der Waals surface area contributed by atoms with Gasteiger partial charge < -0.3 is 14.4 Å². The third kappa shape index (κ3) is 6.49. The molecule has 0 aliphatic carbocycles. The first kappa shape index (κ1) is 16.6. The smallest absolute Gasteiger partial charge is 0.235 e. The van der Waals surface area contributed by atoms with Gasteiger partial charge in [-0.1, -0.05) is 0 Å². The van der Waals surface area contributed by atoms with E-state index < -0.39 is 10.8 Å². The van der Waals surface area contributed by atoms with Crippen molar-refractivity contribution in [1.29, 1.82) is 0 Å². The van der Waals surface area contributed by atoms with Crippen molar-refractivity contribution in [3.63, 3.8) is 0 Å². The van der Waals surface area contributed by atoms with Crippen LogP contribution in [0.2, 0.25) is 0 Å². The maximum absolute atomic E-state index is 11.9. The summed E-state index contributed by atoms with van der Waals surface area (Å²) in [5.41, 5.74) is 0. The molecule has 1 atom stereocenters. The molecule has 0 radical (unpaired) electrons. The number of carbonyl (C=O) groups is 1. The zero-order valence-corrected chi connectivity index (χ0v) is 12.7. The van der Waals surface area contributed by atoms with E-state index in [4.69, 9.17) is 9.47 Å². The van der Waals surface area contributed by atoms with Gasteiger partial charge in [0.2, 0.25) is 5.91 Å². The number of ether oxygens (including phenoxy) is 2. The molecule has 1 unspecified atom stereocenters. The molecule has 1 aliphatic heterocycles. The van der Waals surface area contributed by atoms with Crippen LogP contribution in [0.4, 0.5) is 0 Å².